The Morgan fingerprint density at radius 1 is 1.37 bits per heavy atom. The molecule has 0 bridgehead atoms. The SMILES string of the molecule is Cn1cnc(CNC(=O)c2ccn3ccnc3n2)c1. The lowest BCUT2D eigenvalue weighted by Gasteiger charge is -2.02. The van der Waals surface area contributed by atoms with Gasteiger partial charge >= 0.3 is 0 Å². The van der Waals surface area contributed by atoms with Gasteiger partial charge < -0.3 is 9.88 Å². The molecule has 0 spiro atoms. The van der Waals surface area contributed by atoms with Crippen molar-refractivity contribution in [2.24, 2.45) is 7.05 Å². The highest BCUT2D eigenvalue weighted by Crippen LogP contribution is 2.01. The maximum Gasteiger partial charge on any atom is 0.270 e. The minimum Gasteiger partial charge on any atom is -0.345 e. The topological polar surface area (TPSA) is 77.1 Å². The number of nitrogens with one attached hydrogen (secondary N) is 1. The van der Waals surface area contributed by atoms with Gasteiger partial charge in [-0.1, -0.05) is 0 Å². The Morgan fingerprint density at radius 2 is 2.26 bits per heavy atom. The van der Waals surface area contributed by atoms with Gasteiger partial charge in [0.15, 0.2) is 0 Å². The number of nitrogens with zero attached hydrogens (tertiary/aromatic N) is 5. The summed E-state index contributed by atoms with van der Waals surface area (Å²) in [4.78, 5) is 24.3. The Balaban J connectivity index is 1.72. The summed E-state index contributed by atoms with van der Waals surface area (Å²) in [6.45, 7) is 0.376. The molecule has 7 heteroatoms. The second-order valence-corrected chi connectivity index (χ2v) is 4.16. The standard InChI is InChI=1S/C12H12N6O/c1-17-7-9(15-8-17)6-14-11(19)10-2-4-18-5-3-13-12(18)16-10/h2-5,7-8H,6H2,1H3,(H,14,19). The largest absolute Gasteiger partial charge is 0.345 e. The number of carbonyl (C=O) groups excluding carboxylic acids is 1. The average Bonchev–Trinajstić information content (AvgIpc) is 3.03. The van der Waals surface area contributed by atoms with E-state index in [1.54, 1.807) is 35.4 Å². The number of aryl methyl sites for hydroxylation is 1. The summed E-state index contributed by atoms with van der Waals surface area (Å²) in [6.07, 6.45) is 8.71. The summed E-state index contributed by atoms with van der Waals surface area (Å²) in [7, 11) is 1.88. The van der Waals surface area contributed by atoms with Crippen molar-refractivity contribution < 1.29 is 4.79 Å². The predicted molar refractivity (Wildman–Crippen MR) is 67.4 cm³/mol. The summed E-state index contributed by atoms with van der Waals surface area (Å²) < 4.78 is 3.58. The zero-order valence-electron chi connectivity index (χ0n) is 10.3. The smallest absolute Gasteiger partial charge is 0.270 e. The van der Waals surface area contributed by atoms with Crippen LogP contribution in [0.1, 0.15) is 16.2 Å². The van der Waals surface area contributed by atoms with Gasteiger partial charge in [-0.3, -0.25) is 9.20 Å². The molecule has 0 fully saturated rings. The predicted octanol–water partition coefficient (Wildman–Crippen LogP) is 0.393. The van der Waals surface area contributed by atoms with Crippen LogP contribution in [0.5, 0.6) is 0 Å². The highest BCUT2D eigenvalue weighted by molar-refractivity contribution is 5.92. The fourth-order valence-corrected chi connectivity index (χ4v) is 1.75. The van der Waals surface area contributed by atoms with Crippen molar-refractivity contribution in [2.45, 2.75) is 6.54 Å². The van der Waals surface area contributed by atoms with Crippen LogP contribution in [0.3, 0.4) is 0 Å². The van der Waals surface area contributed by atoms with Crippen molar-refractivity contribution in [1.29, 1.82) is 0 Å². The highest BCUT2D eigenvalue weighted by atomic mass is 16.1. The Labute approximate surface area is 108 Å². The third kappa shape index (κ3) is 2.30. The molecule has 0 saturated carbocycles. The van der Waals surface area contributed by atoms with Gasteiger partial charge in [0.25, 0.3) is 5.91 Å². The van der Waals surface area contributed by atoms with E-state index in [4.69, 9.17) is 0 Å². The van der Waals surface area contributed by atoms with Gasteiger partial charge in [-0.15, -0.1) is 0 Å². The fourth-order valence-electron chi connectivity index (χ4n) is 1.75. The molecule has 3 rings (SSSR count). The summed E-state index contributed by atoms with van der Waals surface area (Å²) in [5.74, 6) is 0.265. The zero-order chi connectivity index (χ0) is 13.2. The maximum atomic E-state index is 11.9. The molecule has 0 aromatic carbocycles. The number of hydrogen-bond acceptors (Lipinski definition) is 4. The van der Waals surface area contributed by atoms with Gasteiger partial charge in [0.2, 0.25) is 5.78 Å². The third-order valence-electron chi connectivity index (χ3n) is 2.68. The van der Waals surface area contributed by atoms with Crippen LogP contribution in [-0.2, 0) is 13.6 Å². The van der Waals surface area contributed by atoms with Gasteiger partial charge in [0, 0.05) is 31.8 Å². The van der Waals surface area contributed by atoms with E-state index in [-0.39, 0.29) is 5.91 Å². The van der Waals surface area contributed by atoms with Crippen LogP contribution in [0.15, 0.2) is 37.2 Å². The van der Waals surface area contributed by atoms with Crippen LogP contribution in [0.4, 0.5) is 0 Å². The molecule has 0 saturated heterocycles. The molecule has 0 aliphatic heterocycles. The van der Waals surface area contributed by atoms with Crippen molar-refractivity contribution in [1.82, 2.24) is 29.2 Å². The number of aromatic nitrogens is 5. The van der Waals surface area contributed by atoms with E-state index in [2.05, 4.69) is 20.3 Å². The molecule has 1 amide bonds. The highest BCUT2D eigenvalue weighted by Gasteiger charge is 2.09. The second kappa shape index (κ2) is 4.52. The number of amides is 1. The minimum absolute atomic E-state index is 0.240. The Bertz CT molecular complexity index is 728. The van der Waals surface area contributed by atoms with Crippen LogP contribution in [0.2, 0.25) is 0 Å². The summed E-state index contributed by atoms with van der Waals surface area (Å²) >= 11 is 0. The first-order valence-corrected chi connectivity index (χ1v) is 5.77. The quantitative estimate of drug-likeness (QED) is 0.735. The molecule has 0 unspecified atom stereocenters. The lowest BCUT2D eigenvalue weighted by Crippen LogP contribution is -2.24. The van der Waals surface area contributed by atoms with Crippen molar-refractivity contribution in [2.75, 3.05) is 0 Å². The molecule has 7 nitrogen and oxygen atoms in total. The Morgan fingerprint density at radius 3 is 3.05 bits per heavy atom. The maximum absolute atomic E-state index is 11.9. The second-order valence-electron chi connectivity index (χ2n) is 4.16. The number of carbonyl (C=O) groups is 1. The van der Waals surface area contributed by atoms with Crippen LogP contribution in [0, 0.1) is 0 Å². The molecule has 0 aliphatic rings. The Hall–Kier alpha value is -2.70. The minimum atomic E-state index is -0.240. The van der Waals surface area contributed by atoms with Gasteiger partial charge in [-0.25, -0.2) is 15.0 Å². The van der Waals surface area contributed by atoms with Crippen molar-refractivity contribution in [3.8, 4) is 0 Å². The lowest BCUT2D eigenvalue weighted by molar-refractivity contribution is 0.0945. The van der Waals surface area contributed by atoms with E-state index in [0.717, 1.165) is 5.69 Å². The molecular formula is C12H12N6O. The van der Waals surface area contributed by atoms with Gasteiger partial charge in [0.05, 0.1) is 18.6 Å². The molecule has 3 aromatic rings. The van der Waals surface area contributed by atoms with Gasteiger partial charge in [-0.05, 0) is 6.07 Å². The number of rotatable bonds is 3. The van der Waals surface area contributed by atoms with E-state index in [1.807, 2.05) is 17.8 Å². The van der Waals surface area contributed by atoms with E-state index in [0.29, 0.717) is 18.0 Å². The lowest BCUT2D eigenvalue weighted by atomic mass is 10.3. The van der Waals surface area contributed by atoms with Gasteiger partial charge in [-0.2, -0.15) is 0 Å². The van der Waals surface area contributed by atoms with Crippen molar-refractivity contribution in [3.05, 3.63) is 48.6 Å². The molecule has 96 valence electrons. The number of fused-ring (bicyclic) bond motifs is 1. The monoisotopic (exact) mass is 256 g/mol. The molecule has 0 radical (unpaired) electrons. The summed E-state index contributed by atoms with van der Waals surface area (Å²) in [5, 5.41) is 2.77. The first-order valence-electron chi connectivity index (χ1n) is 5.77. The number of hydrogen-bond donors (Lipinski definition) is 1. The van der Waals surface area contributed by atoms with Crippen LogP contribution in [-0.4, -0.2) is 29.8 Å². The van der Waals surface area contributed by atoms with Crippen LogP contribution < -0.4 is 5.32 Å². The first-order chi connectivity index (χ1) is 9.22. The van der Waals surface area contributed by atoms with Crippen molar-refractivity contribution in [3.63, 3.8) is 0 Å². The normalized spacial score (nSPS) is 10.8. The van der Waals surface area contributed by atoms with E-state index in [9.17, 15) is 4.79 Å². The fraction of sp³-hybridized carbons (Fsp3) is 0.167. The molecule has 3 aromatic heterocycles. The molecular weight excluding hydrogens is 244 g/mol. The Kier molecular flexibility index (Phi) is 2.71. The van der Waals surface area contributed by atoms with Gasteiger partial charge in [0.1, 0.15) is 5.69 Å². The molecule has 0 atom stereocenters. The molecule has 0 aliphatic carbocycles. The van der Waals surface area contributed by atoms with E-state index >= 15 is 0 Å². The summed E-state index contributed by atoms with van der Waals surface area (Å²) in [6, 6.07) is 1.66. The average molecular weight is 256 g/mol. The van der Waals surface area contributed by atoms with Crippen LogP contribution >= 0.6 is 0 Å². The van der Waals surface area contributed by atoms with Crippen LogP contribution in [0.25, 0.3) is 5.78 Å². The number of imidazole rings is 2. The molecule has 3 heterocycles. The van der Waals surface area contributed by atoms with E-state index in [1.165, 1.54) is 0 Å². The first kappa shape index (κ1) is 11.4. The van der Waals surface area contributed by atoms with E-state index < -0.39 is 0 Å². The third-order valence-corrected chi connectivity index (χ3v) is 2.68. The van der Waals surface area contributed by atoms with Crippen molar-refractivity contribution >= 4 is 11.7 Å². The molecule has 1 N–H and O–H groups in total. The zero-order valence-corrected chi connectivity index (χ0v) is 10.3. The summed E-state index contributed by atoms with van der Waals surface area (Å²) in [5.41, 5.74) is 1.15. The molecule has 19 heavy (non-hydrogen) atoms.